The summed E-state index contributed by atoms with van der Waals surface area (Å²) in [4.78, 5) is 14.1. The molecule has 110 valence electrons. The second-order valence-electron chi connectivity index (χ2n) is 5.05. The molecule has 2 aromatic carbocycles. The van der Waals surface area contributed by atoms with E-state index in [1.54, 1.807) is 6.07 Å². The fourth-order valence-corrected chi connectivity index (χ4v) is 2.52. The van der Waals surface area contributed by atoms with E-state index >= 15 is 0 Å². The quantitative estimate of drug-likeness (QED) is 0.725. The number of nitrogens with zero attached hydrogens (tertiary/aromatic N) is 1. The van der Waals surface area contributed by atoms with Crippen molar-refractivity contribution in [2.75, 3.05) is 13.6 Å². The van der Waals surface area contributed by atoms with Crippen molar-refractivity contribution in [3.8, 4) is 0 Å². The van der Waals surface area contributed by atoms with Crippen LogP contribution < -0.4 is 0 Å². The van der Waals surface area contributed by atoms with Gasteiger partial charge in [-0.2, -0.15) is 0 Å². The van der Waals surface area contributed by atoms with Gasteiger partial charge in [-0.25, -0.2) is 4.39 Å². The molecule has 0 bridgehead atoms. The van der Waals surface area contributed by atoms with Crippen molar-refractivity contribution < 1.29 is 9.18 Å². The van der Waals surface area contributed by atoms with Gasteiger partial charge in [0.2, 0.25) is 0 Å². The summed E-state index contributed by atoms with van der Waals surface area (Å²) in [5.41, 5.74) is 1.62. The summed E-state index contributed by atoms with van der Waals surface area (Å²) in [6, 6.07) is 13.9. The highest BCUT2D eigenvalue weighted by atomic mass is 79.9. The molecule has 2 rings (SSSR count). The summed E-state index contributed by atoms with van der Waals surface area (Å²) >= 11 is 3.36. The van der Waals surface area contributed by atoms with Gasteiger partial charge in [0.1, 0.15) is 5.82 Å². The van der Waals surface area contributed by atoms with Gasteiger partial charge in [-0.15, -0.1) is 0 Å². The Balaban J connectivity index is 1.86. The number of ketones is 1. The lowest BCUT2D eigenvalue weighted by Gasteiger charge is -2.16. The predicted molar refractivity (Wildman–Crippen MR) is 85.8 cm³/mol. The molecule has 0 saturated heterocycles. The molecular weight excluding hydrogens is 333 g/mol. The van der Waals surface area contributed by atoms with E-state index in [0.29, 0.717) is 25.1 Å². The summed E-state index contributed by atoms with van der Waals surface area (Å²) in [6.45, 7) is 1.27. The van der Waals surface area contributed by atoms with E-state index in [1.165, 1.54) is 12.1 Å². The van der Waals surface area contributed by atoms with Gasteiger partial charge in [0.25, 0.3) is 0 Å². The van der Waals surface area contributed by atoms with Gasteiger partial charge in [-0.05, 0) is 36.9 Å². The lowest BCUT2D eigenvalue weighted by molar-refractivity contribution is 0.0967. The third-order valence-corrected chi connectivity index (χ3v) is 3.70. The molecule has 0 aliphatic rings. The number of carbonyl (C=O) groups excluding carboxylic acids is 1. The molecular formula is C17H17BrFNO. The lowest BCUT2D eigenvalue weighted by Crippen LogP contribution is -2.21. The van der Waals surface area contributed by atoms with Crippen molar-refractivity contribution in [1.29, 1.82) is 0 Å². The van der Waals surface area contributed by atoms with Crippen LogP contribution in [-0.2, 0) is 6.54 Å². The fourth-order valence-electron chi connectivity index (χ4n) is 2.12. The Kier molecular flexibility index (Phi) is 5.65. The van der Waals surface area contributed by atoms with Gasteiger partial charge >= 0.3 is 0 Å². The first-order valence-electron chi connectivity index (χ1n) is 6.76. The molecule has 21 heavy (non-hydrogen) atoms. The second-order valence-corrected chi connectivity index (χ2v) is 5.97. The van der Waals surface area contributed by atoms with Crippen molar-refractivity contribution in [2.45, 2.75) is 13.0 Å². The molecule has 0 radical (unpaired) electrons. The van der Waals surface area contributed by atoms with E-state index < -0.39 is 0 Å². The highest BCUT2D eigenvalue weighted by molar-refractivity contribution is 9.10. The standard InChI is InChI=1S/C17H17BrFNO/c1-20(12-13-4-2-7-16(19)10-13)9-8-17(21)14-5-3-6-15(18)11-14/h2-7,10-11H,8-9,12H2,1H3. The summed E-state index contributed by atoms with van der Waals surface area (Å²) < 4.78 is 14.0. The maximum absolute atomic E-state index is 13.1. The van der Waals surface area contributed by atoms with E-state index in [2.05, 4.69) is 15.9 Å². The van der Waals surface area contributed by atoms with Gasteiger partial charge < -0.3 is 4.90 Å². The molecule has 0 aromatic heterocycles. The monoisotopic (exact) mass is 349 g/mol. The van der Waals surface area contributed by atoms with Gasteiger partial charge in [0.15, 0.2) is 5.78 Å². The average Bonchev–Trinajstić information content (AvgIpc) is 2.45. The number of hydrogen-bond acceptors (Lipinski definition) is 2. The fraction of sp³-hybridized carbons (Fsp3) is 0.235. The molecule has 0 N–H and O–H groups in total. The van der Waals surface area contributed by atoms with E-state index in [4.69, 9.17) is 0 Å². The smallest absolute Gasteiger partial charge is 0.164 e. The van der Waals surface area contributed by atoms with Gasteiger partial charge in [-0.3, -0.25) is 4.79 Å². The molecule has 0 heterocycles. The van der Waals surface area contributed by atoms with E-state index in [0.717, 1.165) is 10.0 Å². The largest absolute Gasteiger partial charge is 0.302 e. The van der Waals surface area contributed by atoms with Crippen LogP contribution in [0.1, 0.15) is 22.3 Å². The molecule has 4 heteroatoms. The summed E-state index contributed by atoms with van der Waals surface area (Å²) in [6.07, 6.45) is 0.447. The molecule has 2 aromatic rings. The highest BCUT2D eigenvalue weighted by Crippen LogP contribution is 2.13. The molecule has 0 aliphatic carbocycles. The van der Waals surface area contributed by atoms with Gasteiger partial charge in [0, 0.05) is 29.5 Å². The Morgan fingerprint density at radius 3 is 2.67 bits per heavy atom. The topological polar surface area (TPSA) is 20.3 Å². The number of carbonyl (C=O) groups is 1. The Morgan fingerprint density at radius 1 is 1.19 bits per heavy atom. The van der Waals surface area contributed by atoms with Crippen LogP contribution in [-0.4, -0.2) is 24.3 Å². The van der Waals surface area contributed by atoms with Crippen LogP contribution in [0, 0.1) is 5.82 Å². The Labute approximate surface area is 132 Å². The first kappa shape index (κ1) is 15.9. The molecule has 2 nitrogen and oxygen atoms in total. The van der Waals surface area contributed by atoms with Crippen LogP contribution in [0.3, 0.4) is 0 Å². The third kappa shape index (κ3) is 5.06. The molecule has 0 atom stereocenters. The zero-order valence-corrected chi connectivity index (χ0v) is 13.4. The minimum absolute atomic E-state index is 0.113. The Hall–Kier alpha value is -1.52. The van der Waals surface area contributed by atoms with Crippen molar-refractivity contribution >= 4 is 21.7 Å². The number of benzene rings is 2. The summed E-state index contributed by atoms with van der Waals surface area (Å²) in [5, 5.41) is 0. The number of rotatable bonds is 6. The second kappa shape index (κ2) is 7.48. The molecule has 0 spiro atoms. The van der Waals surface area contributed by atoms with E-state index in [1.807, 2.05) is 42.3 Å². The van der Waals surface area contributed by atoms with Crippen molar-refractivity contribution in [3.05, 3.63) is 69.9 Å². The van der Waals surface area contributed by atoms with Crippen LogP contribution >= 0.6 is 15.9 Å². The zero-order chi connectivity index (χ0) is 15.2. The maximum Gasteiger partial charge on any atom is 0.164 e. The normalized spacial score (nSPS) is 10.9. The van der Waals surface area contributed by atoms with Crippen LogP contribution in [0.5, 0.6) is 0 Å². The van der Waals surface area contributed by atoms with E-state index in [9.17, 15) is 9.18 Å². The maximum atomic E-state index is 13.1. The van der Waals surface area contributed by atoms with Crippen molar-refractivity contribution in [3.63, 3.8) is 0 Å². The molecule has 0 unspecified atom stereocenters. The average molecular weight is 350 g/mol. The number of hydrogen-bond donors (Lipinski definition) is 0. The highest BCUT2D eigenvalue weighted by Gasteiger charge is 2.08. The molecule has 0 aliphatic heterocycles. The summed E-state index contributed by atoms with van der Waals surface area (Å²) in [7, 11) is 1.93. The number of halogens is 2. The zero-order valence-electron chi connectivity index (χ0n) is 11.9. The van der Waals surface area contributed by atoms with Crippen molar-refractivity contribution in [2.24, 2.45) is 0 Å². The van der Waals surface area contributed by atoms with Crippen LogP contribution in [0.2, 0.25) is 0 Å². The van der Waals surface area contributed by atoms with E-state index in [-0.39, 0.29) is 11.6 Å². The minimum atomic E-state index is -0.230. The summed E-state index contributed by atoms with van der Waals surface area (Å²) in [5.74, 6) is -0.117. The number of Topliss-reactive ketones (excluding diaryl/α,β-unsaturated/α-hetero) is 1. The SMILES string of the molecule is CN(CCC(=O)c1cccc(Br)c1)Cc1cccc(F)c1. The van der Waals surface area contributed by atoms with Crippen LogP contribution in [0.4, 0.5) is 4.39 Å². The minimum Gasteiger partial charge on any atom is -0.302 e. The third-order valence-electron chi connectivity index (χ3n) is 3.21. The first-order valence-corrected chi connectivity index (χ1v) is 7.55. The van der Waals surface area contributed by atoms with Gasteiger partial charge in [-0.1, -0.05) is 40.2 Å². The Morgan fingerprint density at radius 2 is 1.95 bits per heavy atom. The van der Waals surface area contributed by atoms with Crippen molar-refractivity contribution in [1.82, 2.24) is 4.90 Å². The molecule has 0 fully saturated rings. The molecule has 0 saturated carbocycles. The van der Waals surface area contributed by atoms with Crippen LogP contribution in [0.25, 0.3) is 0 Å². The predicted octanol–water partition coefficient (Wildman–Crippen LogP) is 4.29. The lowest BCUT2D eigenvalue weighted by atomic mass is 10.1. The van der Waals surface area contributed by atoms with Gasteiger partial charge in [0.05, 0.1) is 0 Å². The molecule has 0 amide bonds. The Bertz CT molecular complexity index is 630. The first-order chi connectivity index (χ1) is 10.0. The van der Waals surface area contributed by atoms with Crippen LogP contribution in [0.15, 0.2) is 53.0 Å².